The fourth-order valence-corrected chi connectivity index (χ4v) is 5.36. The molecular weight excluding hydrogens is 414 g/mol. The van der Waals surface area contributed by atoms with E-state index in [9.17, 15) is 13.5 Å². The van der Waals surface area contributed by atoms with Gasteiger partial charge in [0, 0.05) is 17.8 Å². The van der Waals surface area contributed by atoms with Gasteiger partial charge in [-0.1, -0.05) is 19.9 Å². The Hall–Kier alpha value is -2.49. The number of rotatable bonds is 5. The zero-order chi connectivity index (χ0) is 22.3. The summed E-state index contributed by atoms with van der Waals surface area (Å²) in [5.41, 5.74) is 9.98. The third-order valence-electron chi connectivity index (χ3n) is 5.94. The normalized spacial score (nSPS) is 19.9. The van der Waals surface area contributed by atoms with Gasteiger partial charge in [0.05, 0.1) is 28.6 Å². The topological polar surface area (TPSA) is 123 Å². The number of aliphatic hydroxyl groups is 1. The first kappa shape index (κ1) is 21.7. The van der Waals surface area contributed by atoms with Gasteiger partial charge in [0.15, 0.2) is 11.5 Å². The quantitative estimate of drug-likeness (QED) is 0.557. The van der Waals surface area contributed by atoms with Crippen molar-refractivity contribution in [3.8, 4) is 11.3 Å². The second-order valence-electron chi connectivity index (χ2n) is 8.65. The number of nitrogens with two attached hydrogens (primary N) is 1. The molecule has 8 nitrogen and oxygen atoms in total. The highest BCUT2D eigenvalue weighted by atomic mass is 32.2. The van der Waals surface area contributed by atoms with Crippen LogP contribution in [-0.4, -0.2) is 40.0 Å². The van der Waals surface area contributed by atoms with Crippen molar-refractivity contribution in [3.63, 3.8) is 0 Å². The first-order valence-electron chi connectivity index (χ1n) is 10.6. The van der Waals surface area contributed by atoms with E-state index in [1.165, 1.54) is 0 Å². The molecule has 3 aromatic rings. The molecule has 166 valence electrons. The third kappa shape index (κ3) is 4.30. The zero-order valence-corrected chi connectivity index (χ0v) is 18.9. The van der Waals surface area contributed by atoms with Crippen molar-refractivity contribution >= 4 is 21.5 Å². The van der Waals surface area contributed by atoms with Crippen molar-refractivity contribution in [2.75, 3.05) is 5.73 Å². The molecule has 0 bridgehead atoms. The minimum atomic E-state index is -3.69. The van der Waals surface area contributed by atoms with E-state index in [-0.39, 0.29) is 23.0 Å². The summed E-state index contributed by atoms with van der Waals surface area (Å²) in [6.07, 6.45) is 5.77. The van der Waals surface area contributed by atoms with E-state index in [1.54, 1.807) is 18.3 Å². The molecule has 2 heterocycles. The van der Waals surface area contributed by atoms with E-state index >= 15 is 0 Å². The van der Waals surface area contributed by atoms with E-state index in [0.717, 1.165) is 22.5 Å². The first-order valence-corrected chi connectivity index (χ1v) is 12.1. The number of hydrogen-bond donors (Lipinski definition) is 3. The molecule has 4 rings (SSSR count). The number of nitrogens with zero attached hydrogens (tertiary/aromatic N) is 3. The molecule has 1 saturated carbocycles. The molecule has 1 fully saturated rings. The van der Waals surface area contributed by atoms with Crippen LogP contribution in [0.5, 0.6) is 0 Å². The fraction of sp³-hybridized carbons (Fsp3) is 0.455. The van der Waals surface area contributed by atoms with Crippen molar-refractivity contribution in [2.45, 2.75) is 69.4 Å². The lowest BCUT2D eigenvalue weighted by Crippen LogP contribution is -2.38. The van der Waals surface area contributed by atoms with Crippen LogP contribution in [0.25, 0.3) is 16.9 Å². The van der Waals surface area contributed by atoms with Crippen LogP contribution in [0.1, 0.15) is 56.7 Å². The van der Waals surface area contributed by atoms with Gasteiger partial charge in [-0.25, -0.2) is 23.1 Å². The number of imidazole rings is 1. The third-order valence-corrected chi connectivity index (χ3v) is 7.46. The number of benzene rings is 1. The van der Waals surface area contributed by atoms with Crippen LogP contribution in [0.3, 0.4) is 0 Å². The van der Waals surface area contributed by atoms with E-state index < -0.39 is 10.0 Å². The summed E-state index contributed by atoms with van der Waals surface area (Å²) >= 11 is 0. The van der Waals surface area contributed by atoms with Crippen LogP contribution in [0.2, 0.25) is 0 Å². The molecule has 0 saturated heterocycles. The van der Waals surface area contributed by atoms with Crippen molar-refractivity contribution in [1.82, 2.24) is 19.1 Å². The maximum absolute atomic E-state index is 13.1. The van der Waals surface area contributed by atoms with Crippen molar-refractivity contribution in [1.29, 1.82) is 0 Å². The molecule has 0 radical (unpaired) electrons. The molecule has 0 aliphatic heterocycles. The number of hydrogen-bond acceptors (Lipinski definition) is 6. The lowest BCUT2D eigenvalue weighted by atomic mass is 9.94. The largest absolute Gasteiger partial charge is 0.393 e. The highest BCUT2D eigenvalue weighted by molar-refractivity contribution is 7.89. The van der Waals surface area contributed by atoms with E-state index in [0.29, 0.717) is 37.1 Å². The summed E-state index contributed by atoms with van der Waals surface area (Å²) in [6, 6.07) is 4.96. The SMILES string of the molecule is Cc1ccc(S(=O)(=O)NC2CCC(O)CC2)cc1-c1cnc2c(N)nc(C(C)C)cn12. The first-order chi connectivity index (χ1) is 14.7. The van der Waals surface area contributed by atoms with Gasteiger partial charge in [0.25, 0.3) is 0 Å². The molecular formula is C22H29N5O3S. The number of aryl methyl sites for hydroxylation is 1. The van der Waals surface area contributed by atoms with Gasteiger partial charge in [-0.2, -0.15) is 0 Å². The molecule has 0 atom stereocenters. The molecule has 1 aliphatic rings. The second kappa shape index (κ2) is 8.22. The van der Waals surface area contributed by atoms with Gasteiger partial charge >= 0.3 is 0 Å². The van der Waals surface area contributed by atoms with Crippen LogP contribution in [0, 0.1) is 6.92 Å². The van der Waals surface area contributed by atoms with Gasteiger partial charge < -0.3 is 10.8 Å². The van der Waals surface area contributed by atoms with Gasteiger partial charge in [-0.05, 0) is 56.2 Å². The van der Waals surface area contributed by atoms with Crippen LogP contribution < -0.4 is 10.5 Å². The lowest BCUT2D eigenvalue weighted by molar-refractivity contribution is 0.120. The number of aromatic nitrogens is 3. The number of fused-ring (bicyclic) bond motifs is 1. The Bertz CT molecular complexity index is 1210. The number of anilines is 1. The molecule has 0 unspecified atom stereocenters. The summed E-state index contributed by atoms with van der Waals surface area (Å²) in [5, 5.41) is 9.68. The summed E-state index contributed by atoms with van der Waals surface area (Å²) in [5.74, 6) is 0.535. The van der Waals surface area contributed by atoms with E-state index in [2.05, 4.69) is 14.7 Å². The molecule has 0 amide bonds. The summed E-state index contributed by atoms with van der Waals surface area (Å²) in [7, 11) is -3.69. The van der Waals surface area contributed by atoms with E-state index in [4.69, 9.17) is 5.73 Å². The number of sulfonamides is 1. The Labute approximate surface area is 182 Å². The van der Waals surface area contributed by atoms with Crippen molar-refractivity contribution in [3.05, 3.63) is 41.9 Å². The predicted octanol–water partition coefficient (Wildman–Crippen LogP) is 2.99. The lowest BCUT2D eigenvalue weighted by Gasteiger charge is -2.26. The smallest absolute Gasteiger partial charge is 0.240 e. The average Bonchev–Trinajstić information content (AvgIpc) is 3.14. The monoisotopic (exact) mass is 443 g/mol. The minimum Gasteiger partial charge on any atom is -0.393 e. The molecule has 31 heavy (non-hydrogen) atoms. The van der Waals surface area contributed by atoms with Crippen molar-refractivity contribution in [2.24, 2.45) is 0 Å². The number of nitrogens with one attached hydrogen (secondary N) is 1. The Kier molecular flexibility index (Phi) is 5.76. The second-order valence-corrected chi connectivity index (χ2v) is 10.4. The van der Waals surface area contributed by atoms with E-state index in [1.807, 2.05) is 37.4 Å². The Morgan fingerprint density at radius 3 is 2.61 bits per heavy atom. The maximum atomic E-state index is 13.1. The van der Waals surface area contributed by atoms with Gasteiger partial charge in [0.1, 0.15) is 0 Å². The molecule has 2 aromatic heterocycles. The van der Waals surface area contributed by atoms with Gasteiger partial charge in [0.2, 0.25) is 10.0 Å². The fourth-order valence-electron chi connectivity index (χ4n) is 4.03. The number of nitrogen functional groups attached to an aromatic ring is 1. The molecule has 1 aromatic carbocycles. The zero-order valence-electron chi connectivity index (χ0n) is 18.0. The molecule has 0 spiro atoms. The van der Waals surface area contributed by atoms with Crippen LogP contribution >= 0.6 is 0 Å². The average molecular weight is 444 g/mol. The van der Waals surface area contributed by atoms with Crippen LogP contribution in [0.4, 0.5) is 5.82 Å². The number of aliphatic hydroxyl groups excluding tert-OH is 1. The standard InChI is InChI=1S/C22H29N5O3S/c1-13(2)19-12-27-20(11-24-22(27)21(23)25-19)18-10-17(9-4-14(18)3)31(29,30)26-15-5-7-16(28)8-6-15/h4,9-13,15-16,26,28H,5-8H2,1-3H3,(H2,23,25). The van der Waals surface area contributed by atoms with Gasteiger partial charge in [-0.15, -0.1) is 0 Å². The Morgan fingerprint density at radius 1 is 1.23 bits per heavy atom. The van der Waals surface area contributed by atoms with Crippen LogP contribution in [-0.2, 0) is 10.0 Å². The van der Waals surface area contributed by atoms with Crippen molar-refractivity contribution < 1.29 is 13.5 Å². The molecule has 4 N–H and O–H groups in total. The predicted molar refractivity (Wildman–Crippen MR) is 120 cm³/mol. The van der Waals surface area contributed by atoms with Gasteiger partial charge in [-0.3, -0.25) is 4.40 Å². The van der Waals surface area contributed by atoms with Crippen LogP contribution in [0.15, 0.2) is 35.5 Å². The summed E-state index contributed by atoms with van der Waals surface area (Å²) in [4.78, 5) is 9.05. The Balaban J connectivity index is 1.73. The minimum absolute atomic E-state index is 0.159. The highest BCUT2D eigenvalue weighted by Crippen LogP contribution is 2.30. The Morgan fingerprint density at radius 2 is 1.94 bits per heavy atom. The summed E-state index contributed by atoms with van der Waals surface area (Å²) < 4.78 is 30.8. The summed E-state index contributed by atoms with van der Waals surface area (Å²) in [6.45, 7) is 6.02. The molecule has 9 heteroatoms. The molecule has 1 aliphatic carbocycles. The highest BCUT2D eigenvalue weighted by Gasteiger charge is 2.25. The maximum Gasteiger partial charge on any atom is 0.240 e.